The van der Waals surface area contributed by atoms with Crippen molar-refractivity contribution in [2.24, 2.45) is 0 Å². The second kappa shape index (κ2) is 10.5. The van der Waals surface area contributed by atoms with Crippen molar-refractivity contribution in [1.82, 2.24) is 0 Å². The van der Waals surface area contributed by atoms with E-state index in [4.69, 9.17) is 18.9 Å². The molecule has 1 rings (SSSR count). The number of hydrogen-bond acceptors (Lipinski definition) is 5. The standard InChI is InChI=1S/C18H24O5/c1-5-22-14(2)6-7-15(3)23-18(19)13-21-12-16-8-10-17(20-4)11-9-16/h6-11,15H,2,5,12-13H2,1,3-4H3/b7-6+. The molecule has 1 unspecified atom stereocenters. The van der Waals surface area contributed by atoms with E-state index in [2.05, 4.69) is 6.58 Å². The van der Waals surface area contributed by atoms with Crippen LogP contribution in [0, 0.1) is 0 Å². The second-order valence-electron chi connectivity index (χ2n) is 4.79. The van der Waals surface area contributed by atoms with Crippen LogP contribution in [0.3, 0.4) is 0 Å². The maximum atomic E-state index is 11.7. The van der Waals surface area contributed by atoms with E-state index in [9.17, 15) is 4.79 Å². The zero-order valence-corrected chi connectivity index (χ0v) is 13.9. The van der Waals surface area contributed by atoms with Crippen LogP contribution < -0.4 is 4.74 Å². The molecule has 0 aliphatic heterocycles. The van der Waals surface area contributed by atoms with Crippen molar-refractivity contribution < 1.29 is 23.7 Å². The fraction of sp³-hybridized carbons (Fsp3) is 0.389. The maximum absolute atomic E-state index is 11.7. The van der Waals surface area contributed by atoms with Gasteiger partial charge in [0, 0.05) is 0 Å². The van der Waals surface area contributed by atoms with Gasteiger partial charge < -0.3 is 18.9 Å². The summed E-state index contributed by atoms with van der Waals surface area (Å²) in [7, 11) is 1.61. The van der Waals surface area contributed by atoms with Crippen LogP contribution in [0.4, 0.5) is 0 Å². The lowest BCUT2D eigenvalue weighted by molar-refractivity contribution is -0.152. The number of carbonyl (C=O) groups is 1. The van der Waals surface area contributed by atoms with Gasteiger partial charge in [-0.15, -0.1) is 0 Å². The number of benzene rings is 1. The average Bonchev–Trinajstić information content (AvgIpc) is 2.54. The third kappa shape index (κ3) is 8.07. The summed E-state index contributed by atoms with van der Waals surface area (Å²) in [6.45, 7) is 8.14. The molecule has 0 spiro atoms. The number of hydrogen-bond donors (Lipinski definition) is 0. The van der Waals surface area contributed by atoms with Gasteiger partial charge in [-0.25, -0.2) is 4.79 Å². The number of esters is 1. The predicted molar refractivity (Wildman–Crippen MR) is 88.1 cm³/mol. The first-order chi connectivity index (χ1) is 11.0. The van der Waals surface area contributed by atoms with Crippen LogP contribution in [0.2, 0.25) is 0 Å². The molecule has 0 N–H and O–H groups in total. The van der Waals surface area contributed by atoms with Crippen molar-refractivity contribution in [3.05, 3.63) is 54.3 Å². The first kappa shape index (κ1) is 18.8. The SMILES string of the molecule is C=C(/C=C/C(C)OC(=O)COCc1ccc(OC)cc1)OCC. The molecule has 0 aliphatic rings. The van der Waals surface area contributed by atoms with E-state index >= 15 is 0 Å². The number of allylic oxidation sites excluding steroid dienone is 1. The lowest BCUT2D eigenvalue weighted by Gasteiger charge is -2.10. The van der Waals surface area contributed by atoms with E-state index < -0.39 is 5.97 Å². The van der Waals surface area contributed by atoms with Crippen molar-refractivity contribution in [3.8, 4) is 5.75 Å². The number of rotatable bonds is 10. The summed E-state index contributed by atoms with van der Waals surface area (Å²) < 4.78 is 20.8. The molecule has 1 aromatic carbocycles. The zero-order valence-electron chi connectivity index (χ0n) is 13.9. The number of ether oxygens (including phenoxy) is 4. The molecule has 0 saturated carbocycles. The predicted octanol–water partition coefficient (Wildman–Crippen LogP) is 3.25. The molecule has 0 bridgehead atoms. The molecule has 0 saturated heterocycles. The Kier molecular flexibility index (Phi) is 8.54. The number of methoxy groups -OCH3 is 1. The number of carbonyl (C=O) groups excluding carboxylic acids is 1. The van der Waals surface area contributed by atoms with Crippen molar-refractivity contribution in [1.29, 1.82) is 0 Å². The fourth-order valence-electron chi connectivity index (χ4n) is 1.73. The zero-order chi connectivity index (χ0) is 17.1. The lowest BCUT2D eigenvalue weighted by Crippen LogP contribution is -2.17. The van der Waals surface area contributed by atoms with Gasteiger partial charge in [-0.3, -0.25) is 0 Å². The molecule has 5 nitrogen and oxygen atoms in total. The Morgan fingerprint density at radius 1 is 1.30 bits per heavy atom. The van der Waals surface area contributed by atoms with E-state index in [0.29, 0.717) is 19.0 Å². The molecule has 5 heteroatoms. The Bertz CT molecular complexity index is 519. The van der Waals surface area contributed by atoms with E-state index in [-0.39, 0.29) is 12.7 Å². The summed E-state index contributed by atoms with van der Waals surface area (Å²) in [6.07, 6.45) is 3.02. The monoisotopic (exact) mass is 320 g/mol. The topological polar surface area (TPSA) is 54.0 Å². The summed E-state index contributed by atoms with van der Waals surface area (Å²) in [6, 6.07) is 7.45. The Balaban J connectivity index is 2.26. The summed E-state index contributed by atoms with van der Waals surface area (Å²) in [5.41, 5.74) is 0.958. The second-order valence-corrected chi connectivity index (χ2v) is 4.79. The van der Waals surface area contributed by atoms with Crippen molar-refractivity contribution in [3.63, 3.8) is 0 Å². The molecule has 0 aromatic heterocycles. The summed E-state index contributed by atoms with van der Waals surface area (Å²) in [4.78, 5) is 11.7. The summed E-state index contributed by atoms with van der Waals surface area (Å²) in [5, 5.41) is 0. The molecule has 126 valence electrons. The minimum absolute atomic E-state index is 0.101. The highest BCUT2D eigenvalue weighted by atomic mass is 16.6. The molecule has 1 aromatic rings. The Labute approximate surface area is 137 Å². The molecule has 23 heavy (non-hydrogen) atoms. The van der Waals surface area contributed by atoms with Crippen molar-refractivity contribution in [2.45, 2.75) is 26.6 Å². The van der Waals surface area contributed by atoms with Gasteiger partial charge in [0.1, 0.15) is 24.2 Å². The van der Waals surface area contributed by atoms with Crippen molar-refractivity contribution in [2.75, 3.05) is 20.3 Å². The van der Waals surface area contributed by atoms with Crippen molar-refractivity contribution >= 4 is 5.97 Å². The summed E-state index contributed by atoms with van der Waals surface area (Å²) >= 11 is 0. The normalized spacial score (nSPS) is 12.0. The highest BCUT2D eigenvalue weighted by molar-refractivity contribution is 5.71. The minimum atomic E-state index is -0.419. The highest BCUT2D eigenvalue weighted by Gasteiger charge is 2.07. The molecule has 0 aliphatic carbocycles. The molecular formula is C18H24O5. The van der Waals surface area contributed by atoms with Crippen LogP contribution in [0.25, 0.3) is 0 Å². The fourth-order valence-corrected chi connectivity index (χ4v) is 1.73. The molecular weight excluding hydrogens is 296 g/mol. The van der Waals surface area contributed by atoms with E-state index in [0.717, 1.165) is 11.3 Å². The molecule has 0 fully saturated rings. The van der Waals surface area contributed by atoms with E-state index in [1.165, 1.54) is 0 Å². The van der Waals surface area contributed by atoms with Gasteiger partial charge in [-0.1, -0.05) is 18.7 Å². The van der Waals surface area contributed by atoms with Crippen LogP contribution in [0.1, 0.15) is 19.4 Å². The largest absolute Gasteiger partial charge is 0.497 e. The van der Waals surface area contributed by atoms with Crippen LogP contribution in [-0.4, -0.2) is 32.4 Å². The van der Waals surface area contributed by atoms with Crippen LogP contribution in [0.5, 0.6) is 5.75 Å². The first-order valence-corrected chi connectivity index (χ1v) is 7.45. The highest BCUT2D eigenvalue weighted by Crippen LogP contribution is 2.12. The van der Waals surface area contributed by atoms with Crippen LogP contribution >= 0.6 is 0 Å². The maximum Gasteiger partial charge on any atom is 0.332 e. The van der Waals surface area contributed by atoms with Gasteiger partial charge in [0.15, 0.2) is 0 Å². The van der Waals surface area contributed by atoms with Gasteiger partial charge in [0.05, 0.1) is 20.3 Å². The van der Waals surface area contributed by atoms with Gasteiger partial charge in [-0.2, -0.15) is 0 Å². The average molecular weight is 320 g/mol. The van der Waals surface area contributed by atoms with E-state index in [1.807, 2.05) is 31.2 Å². The molecule has 0 radical (unpaired) electrons. The van der Waals surface area contributed by atoms with Gasteiger partial charge >= 0.3 is 5.97 Å². The Hall–Kier alpha value is -2.27. The third-order valence-electron chi connectivity index (χ3n) is 2.85. The minimum Gasteiger partial charge on any atom is -0.497 e. The molecule has 1 atom stereocenters. The van der Waals surface area contributed by atoms with Crippen LogP contribution in [-0.2, 0) is 25.6 Å². The Morgan fingerprint density at radius 2 is 2.00 bits per heavy atom. The quantitative estimate of drug-likeness (QED) is 0.376. The smallest absolute Gasteiger partial charge is 0.332 e. The first-order valence-electron chi connectivity index (χ1n) is 7.45. The molecule has 0 heterocycles. The van der Waals surface area contributed by atoms with E-state index in [1.54, 1.807) is 26.2 Å². The van der Waals surface area contributed by atoms with Gasteiger partial charge in [0.2, 0.25) is 0 Å². The van der Waals surface area contributed by atoms with Gasteiger partial charge in [-0.05, 0) is 43.7 Å². The summed E-state index contributed by atoms with van der Waals surface area (Å²) in [5.74, 6) is 0.895. The lowest BCUT2D eigenvalue weighted by atomic mass is 10.2. The Morgan fingerprint density at radius 3 is 2.61 bits per heavy atom. The third-order valence-corrected chi connectivity index (χ3v) is 2.85. The van der Waals surface area contributed by atoms with Crippen LogP contribution in [0.15, 0.2) is 48.8 Å². The van der Waals surface area contributed by atoms with Gasteiger partial charge in [0.25, 0.3) is 0 Å². The molecule has 0 amide bonds.